The van der Waals surface area contributed by atoms with Gasteiger partial charge in [0.05, 0.1) is 11.9 Å². The molecule has 1 N–H and O–H groups in total. The third-order valence-corrected chi connectivity index (χ3v) is 2.90. The van der Waals surface area contributed by atoms with Crippen LogP contribution in [0.3, 0.4) is 0 Å². The second-order valence-corrected chi connectivity index (χ2v) is 3.95. The molecule has 1 aromatic rings. The third-order valence-electron chi connectivity index (χ3n) is 2.67. The van der Waals surface area contributed by atoms with Gasteiger partial charge in [-0.2, -0.15) is 0 Å². The van der Waals surface area contributed by atoms with E-state index in [-0.39, 0.29) is 0 Å². The molecule has 1 fully saturated rings. The van der Waals surface area contributed by atoms with Crippen LogP contribution in [0.25, 0.3) is 0 Å². The summed E-state index contributed by atoms with van der Waals surface area (Å²) < 4.78 is 0. The summed E-state index contributed by atoms with van der Waals surface area (Å²) in [5.41, 5.74) is 1.16. The van der Waals surface area contributed by atoms with Crippen LogP contribution in [-0.2, 0) is 0 Å². The molecule has 1 aromatic heterocycles. The third kappa shape index (κ3) is 1.99. The highest BCUT2D eigenvalue weighted by Gasteiger charge is 2.20. The van der Waals surface area contributed by atoms with Gasteiger partial charge in [-0.05, 0) is 25.6 Å². The predicted octanol–water partition coefficient (Wildman–Crippen LogP) is 1.53. The number of pyridine rings is 1. The van der Waals surface area contributed by atoms with Crippen LogP contribution in [0.2, 0.25) is 5.15 Å². The first kappa shape index (κ1) is 9.74. The van der Waals surface area contributed by atoms with Crippen LogP contribution in [0.4, 0.5) is 5.69 Å². The average Bonchev–Trinajstić information content (AvgIpc) is 2.67. The van der Waals surface area contributed by atoms with Crippen molar-refractivity contribution in [3.05, 3.63) is 23.5 Å². The van der Waals surface area contributed by atoms with Gasteiger partial charge >= 0.3 is 0 Å². The summed E-state index contributed by atoms with van der Waals surface area (Å²) in [4.78, 5) is 6.40. The Morgan fingerprint density at radius 3 is 3.00 bits per heavy atom. The molecule has 0 unspecified atom stereocenters. The van der Waals surface area contributed by atoms with E-state index in [4.69, 9.17) is 11.6 Å². The topological polar surface area (TPSA) is 28.2 Å². The van der Waals surface area contributed by atoms with Crippen LogP contribution in [0, 0.1) is 0 Å². The summed E-state index contributed by atoms with van der Waals surface area (Å²) in [6.45, 7) is 2.15. The molecule has 4 heteroatoms. The minimum Gasteiger partial charge on any atom is -0.369 e. The van der Waals surface area contributed by atoms with Gasteiger partial charge < -0.3 is 10.2 Å². The van der Waals surface area contributed by atoms with Gasteiger partial charge in [0.2, 0.25) is 0 Å². The van der Waals surface area contributed by atoms with Crippen molar-refractivity contribution in [1.82, 2.24) is 10.3 Å². The first-order valence-electron chi connectivity index (χ1n) is 4.83. The smallest absolute Gasteiger partial charge is 0.129 e. The zero-order valence-electron chi connectivity index (χ0n) is 8.20. The predicted molar refractivity (Wildman–Crippen MR) is 58.9 cm³/mol. The molecule has 0 aromatic carbocycles. The minimum absolute atomic E-state index is 0.554. The molecular weight excluding hydrogens is 198 g/mol. The lowest BCUT2D eigenvalue weighted by Crippen LogP contribution is -2.29. The van der Waals surface area contributed by atoms with Gasteiger partial charge in [-0.25, -0.2) is 4.98 Å². The van der Waals surface area contributed by atoms with Crippen LogP contribution in [0.1, 0.15) is 6.42 Å². The fourth-order valence-electron chi connectivity index (χ4n) is 1.79. The second-order valence-electron chi connectivity index (χ2n) is 3.56. The van der Waals surface area contributed by atoms with E-state index >= 15 is 0 Å². The summed E-state index contributed by atoms with van der Waals surface area (Å²) in [6, 6.07) is 4.46. The minimum atomic E-state index is 0.554. The van der Waals surface area contributed by atoms with Gasteiger partial charge in [-0.15, -0.1) is 0 Å². The van der Waals surface area contributed by atoms with Crippen molar-refractivity contribution < 1.29 is 0 Å². The Labute approximate surface area is 89.1 Å². The number of halogens is 1. The largest absolute Gasteiger partial charge is 0.369 e. The molecule has 0 radical (unpaired) electrons. The zero-order valence-corrected chi connectivity index (χ0v) is 8.96. The number of anilines is 1. The standard InChI is InChI=1S/C10H14ClN3/c1-12-8-4-5-14(7-8)9-2-3-10(11)13-6-9/h2-3,6,8,12H,4-5,7H2,1H3/t8-/m1/s1. The molecule has 1 saturated heterocycles. The molecule has 1 atom stereocenters. The SMILES string of the molecule is CN[C@@H]1CCN(c2ccc(Cl)nc2)C1. The maximum atomic E-state index is 5.73. The van der Waals surface area contributed by atoms with E-state index in [1.54, 1.807) is 0 Å². The lowest BCUT2D eigenvalue weighted by Gasteiger charge is -2.17. The molecule has 0 aliphatic carbocycles. The monoisotopic (exact) mass is 211 g/mol. The molecular formula is C10H14ClN3. The maximum absolute atomic E-state index is 5.73. The Bertz CT molecular complexity index is 299. The van der Waals surface area contributed by atoms with Crippen LogP contribution in [0.5, 0.6) is 0 Å². The number of hydrogen-bond acceptors (Lipinski definition) is 3. The second kappa shape index (κ2) is 4.15. The molecule has 0 spiro atoms. The zero-order chi connectivity index (χ0) is 9.97. The summed E-state index contributed by atoms with van der Waals surface area (Å²) >= 11 is 5.73. The van der Waals surface area contributed by atoms with Crippen LogP contribution in [0.15, 0.2) is 18.3 Å². The number of rotatable bonds is 2. The van der Waals surface area contributed by atoms with Gasteiger partial charge in [-0.1, -0.05) is 11.6 Å². The Kier molecular flexibility index (Phi) is 2.89. The van der Waals surface area contributed by atoms with Gasteiger partial charge in [0.25, 0.3) is 0 Å². The molecule has 0 saturated carbocycles. The number of nitrogens with zero attached hydrogens (tertiary/aromatic N) is 2. The lowest BCUT2D eigenvalue weighted by atomic mass is 10.3. The molecule has 0 bridgehead atoms. The molecule has 76 valence electrons. The summed E-state index contributed by atoms with van der Waals surface area (Å²) in [7, 11) is 2.01. The highest BCUT2D eigenvalue weighted by Crippen LogP contribution is 2.20. The number of likely N-dealkylation sites (N-methyl/N-ethyl adjacent to an activating group) is 1. The van der Waals surface area contributed by atoms with Gasteiger partial charge in [-0.3, -0.25) is 0 Å². The first-order chi connectivity index (χ1) is 6.79. The van der Waals surface area contributed by atoms with Crippen molar-refractivity contribution >= 4 is 17.3 Å². The highest BCUT2D eigenvalue weighted by molar-refractivity contribution is 6.29. The van der Waals surface area contributed by atoms with Crippen molar-refractivity contribution in [2.24, 2.45) is 0 Å². The van der Waals surface area contributed by atoms with E-state index in [2.05, 4.69) is 15.2 Å². The van der Waals surface area contributed by atoms with E-state index in [1.807, 2.05) is 25.4 Å². The Hall–Kier alpha value is -0.800. The fraction of sp³-hybridized carbons (Fsp3) is 0.500. The highest BCUT2D eigenvalue weighted by atomic mass is 35.5. The van der Waals surface area contributed by atoms with E-state index in [0.29, 0.717) is 11.2 Å². The summed E-state index contributed by atoms with van der Waals surface area (Å²) in [5.74, 6) is 0. The average molecular weight is 212 g/mol. The fourth-order valence-corrected chi connectivity index (χ4v) is 1.90. The van der Waals surface area contributed by atoms with Gasteiger partial charge in [0.15, 0.2) is 0 Å². The number of hydrogen-bond donors (Lipinski definition) is 1. The summed E-state index contributed by atoms with van der Waals surface area (Å²) in [6.07, 6.45) is 3.03. The Morgan fingerprint density at radius 1 is 1.57 bits per heavy atom. The first-order valence-corrected chi connectivity index (χ1v) is 5.21. The lowest BCUT2D eigenvalue weighted by molar-refractivity contribution is 0.617. The summed E-state index contributed by atoms with van der Waals surface area (Å²) in [5, 5.41) is 3.84. The van der Waals surface area contributed by atoms with Crippen molar-refractivity contribution in [1.29, 1.82) is 0 Å². The van der Waals surface area contributed by atoms with Crippen LogP contribution in [-0.4, -0.2) is 31.2 Å². The molecule has 0 amide bonds. The molecule has 1 aliphatic rings. The molecule has 14 heavy (non-hydrogen) atoms. The van der Waals surface area contributed by atoms with Crippen LogP contribution < -0.4 is 10.2 Å². The van der Waals surface area contributed by atoms with E-state index in [0.717, 1.165) is 18.8 Å². The van der Waals surface area contributed by atoms with E-state index in [9.17, 15) is 0 Å². The molecule has 1 aliphatic heterocycles. The Balaban J connectivity index is 2.06. The van der Waals surface area contributed by atoms with Crippen LogP contribution >= 0.6 is 11.6 Å². The van der Waals surface area contributed by atoms with Crippen molar-refractivity contribution in [3.63, 3.8) is 0 Å². The molecule has 2 rings (SSSR count). The Morgan fingerprint density at radius 2 is 2.43 bits per heavy atom. The maximum Gasteiger partial charge on any atom is 0.129 e. The number of aromatic nitrogens is 1. The molecule has 3 nitrogen and oxygen atoms in total. The van der Waals surface area contributed by atoms with Crippen molar-refractivity contribution in [2.45, 2.75) is 12.5 Å². The van der Waals surface area contributed by atoms with E-state index in [1.165, 1.54) is 6.42 Å². The van der Waals surface area contributed by atoms with Crippen molar-refractivity contribution in [3.8, 4) is 0 Å². The quantitative estimate of drug-likeness (QED) is 0.753. The van der Waals surface area contributed by atoms with Crippen molar-refractivity contribution in [2.75, 3.05) is 25.0 Å². The van der Waals surface area contributed by atoms with E-state index < -0.39 is 0 Å². The van der Waals surface area contributed by atoms with Gasteiger partial charge in [0, 0.05) is 19.1 Å². The normalized spacial score (nSPS) is 21.6. The molecule has 2 heterocycles. The number of nitrogens with one attached hydrogen (secondary N) is 1. The van der Waals surface area contributed by atoms with Gasteiger partial charge in [0.1, 0.15) is 5.15 Å².